The number of carboxylic acid groups (broad SMARTS) is 1. The van der Waals surface area contributed by atoms with E-state index in [4.69, 9.17) is 17.2 Å². The number of carbonyl (C=O) groups excluding carboxylic acids is 5. The largest absolute Gasteiger partial charge is 0.480 e. The van der Waals surface area contributed by atoms with E-state index in [9.17, 15) is 43.9 Å². The summed E-state index contributed by atoms with van der Waals surface area (Å²) in [6, 6.07) is -7.06. The molecule has 1 rings (SSSR count). The molecule has 0 bridgehead atoms. The van der Waals surface area contributed by atoms with Gasteiger partial charge in [0.2, 0.25) is 29.5 Å². The highest BCUT2D eigenvalue weighted by atomic mass is 32.2. The molecule has 18 heteroatoms. The number of aliphatic carboxylic acids is 1. The standard InChI is InChI=1S/C18H28N8O9S/c1-6-15(30)24-9(3-12(21)29)14(26-35)23-8(2-11(20)28)13(18(33)34)36-5-7(19)16(31)25-10(4-27)17(32)22-6/h6-10,13,27H,2-5,19H2,1H3,(H8,20,21,22,24,25,28,29,30,31,32,33,34)/p+1/t6-,7-,8?,9?,10?,13?/m0/s1. The summed E-state index contributed by atoms with van der Waals surface area (Å²) < 4.78 is 0. The van der Waals surface area contributed by atoms with Gasteiger partial charge in [-0.15, -0.1) is 11.8 Å². The summed E-state index contributed by atoms with van der Waals surface area (Å²) in [6.07, 6.45) is -1.28. The highest BCUT2D eigenvalue weighted by Crippen LogP contribution is 2.19. The lowest BCUT2D eigenvalue weighted by Crippen LogP contribution is -2.60. The maximum Gasteiger partial charge on any atom is 0.424 e. The number of amidine groups is 1. The topological polar surface area (TPSA) is 300 Å². The fourth-order valence-corrected chi connectivity index (χ4v) is 4.15. The van der Waals surface area contributed by atoms with Crippen LogP contribution in [0, 0.1) is 4.91 Å². The minimum atomic E-state index is -1.53. The number of amides is 5. The fraction of sp³-hybridized carbons (Fsp3) is 0.611. The zero-order valence-corrected chi connectivity index (χ0v) is 19.9. The Labute approximate surface area is 208 Å². The molecule has 1 aliphatic rings. The molecule has 17 nitrogen and oxygen atoms in total. The van der Waals surface area contributed by atoms with Crippen molar-refractivity contribution in [2.45, 2.75) is 55.2 Å². The summed E-state index contributed by atoms with van der Waals surface area (Å²) >= 11 is 0.611. The van der Waals surface area contributed by atoms with Gasteiger partial charge in [0.1, 0.15) is 23.4 Å². The second-order valence-electron chi connectivity index (χ2n) is 7.80. The molecule has 0 aliphatic carbocycles. The van der Waals surface area contributed by atoms with Crippen LogP contribution in [0.3, 0.4) is 0 Å². The smallest absolute Gasteiger partial charge is 0.424 e. The zero-order valence-electron chi connectivity index (χ0n) is 19.1. The molecule has 200 valence electrons. The van der Waals surface area contributed by atoms with Crippen LogP contribution in [0.25, 0.3) is 0 Å². The number of primary amides is 2. The van der Waals surface area contributed by atoms with Crippen LogP contribution in [0.2, 0.25) is 0 Å². The van der Waals surface area contributed by atoms with Crippen LogP contribution < -0.4 is 43.3 Å². The molecule has 1 saturated heterocycles. The highest BCUT2D eigenvalue weighted by molar-refractivity contribution is 8.00. The number of nitrogens with two attached hydrogens (primary N) is 3. The molecule has 1 fully saturated rings. The molecule has 4 unspecified atom stereocenters. The molecular formula is C18H29N8O9S+. The van der Waals surface area contributed by atoms with E-state index in [0.29, 0.717) is 11.8 Å². The van der Waals surface area contributed by atoms with Gasteiger partial charge in [-0.3, -0.25) is 34.1 Å². The fourth-order valence-electron chi connectivity index (χ4n) is 3.04. The van der Waals surface area contributed by atoms with Crippen molar-refractivity contribution >= 4 is 53.1 Å². The molecule has 5 amide bonds. The number of aliphatic hydroxyl groups excluding tert-OH is 1. The molecule has 0 aromatic rings. The zero-order chi connectivity index (χ0) is 27.6. The van der Waals surface area contributed by atoms with Gasteiger partial charge < -0.3 is 43.4 Å². The van der Waals surface area contributed by atoms with Crippen LogP contribution >= 0.6 is 11.8 Å². The second-order valence-corrected chi connectivity index (χ2v) is 8.98. The number of carbonyl (C=O) groups is 6. The van der Waals surface area contributed by atoms with E-state index < -0.39 is 96.2 Å². The van der Waals surface area contributed by atoms with Crippen LogP contribution in [0.1, 0.15) is 19.8 Å². The predicted molar refractivity (Wildman–Crippen MR) is 125 cm³/mol. The number of hydrogen-bond donors (Lipinski definition) is 9. The van der Waals surface area contributed by atoms with Gasteiger partial charge in [-0.2, -0.15) is 0 Å². The van der Waals surface area contributed by atoms with E-state index in [1.165, 1.54) is 6.92 Å². The lowest BCUT2D eigenvalue weighted by molar-refractivity contribution is -0.137. The van der Waals surface area contributed by atoms with E-state index in [2.05, 4.69) is 26.1 Å². The predicted octanol–water partition coefficient (Wildman–Crippen LogP) is -6.08. The van der Waals surface area contributed by atoms with Gasteiger partial charge in [-0.05, 0) is 6.92 Å². The third kappa shape index (κ3) is 9.14. The van der Waals surface area contributed by atoms with Gasteiger partial charge in [-0.25, -0.2) is 0 Å². The second kappa shape index (κ2) is 14.0. The molecule has 12 N–H and O–H groups in total. The van der Waals surface area contributed by atoms with Crippen molar-refractivity contribution in [3.63, 3.8) is 0 Å². The number of thioether (sulfide) groups is 1. The molecule has 1 heterocycles. The van der Waals surface area contributed by atoms with Gasteiger partial charge in [0, 0.05) is 10.7 Å². The third-order valence-corrected chi connectivity index (χ3v) is 6.31. The molecule has 0 aromatic heterocycles. The van der Waals surface area contributed by atoms with E-state index in [-0.39, 0.29) is 5.75 Å². The third-order valence-electron chi connectivity index (χ3n) is 4.87. The molecule has 0 spiro atoms. The lowest BCUT2D eigenvalue weighted by Gasteiger charge is -2.25. The summed E-state index contributed by atoms with van der Waals surface area (Å²) in [5.74, 6) is -7.17. The van der Waals surface area contributed by atoms with E-state index in [1.807, 2.05) is 0 Å². The Balaban J connectivity index is 3.51. The normalized spacial score (nSPS) is 28.5. The summed E-state index contributed by atoms with van der Waals surface area (Å²) in [7, 11) is 0. The van der Waals surface area contributed by atoms with Gasteiger partial charge in [0.25, 0.3) is 0 Å². The molecule has 0 radical (unpaired) electrons. The van der Waals surface area contributed by atoms with Gasteiger partial charge in [0.05, 0.1) is 30.3 Å². The molecule has 6 atom stereocenters. The first-order valence-corrected chi connectivity index (χ1v) is 11.5. The first kappa shape index (κ1) is 30.3. The Morgan fingerprint density at radius 3 is 2.06 bits per heavy atom. The van der Waals surface area contributed by atoms with Gasteiger partial charge in [-0.1, -0.05) is 0 Å². The Bertz CT molecular complexity index is 942. The average molecular weight is 534 g/mol. The summed E-state index contributed by atoms with van der Waals surface area (Å²) in [6.45, 7) is 0.375. The van der Waals surface area contributed by atoms with Crippen LogP contribution in [0.5, 0.6) is 0 Å². The number of carboxylic acids is 1. The van der Waals surface area contributed by atoms with Crippen LogP contribution in [-0.4, -0.2) is 99.4 Å². The van der Waals surface area contributed by atoms with Crippen molar-refractivity contribution in [1.82, 2.24) is 26.1 Å². The van der Waals surface area contributed by atoms with Crippen molar-refractivity contribution in [2.75, 3.05) is 12.4 Å². The molecule has 36 heavy (non-hydrogen) atoms. The van der Waals surface area contributed by atoms with E-state index in [0.717, 1.165) is 0 Å². The van der Waals surface area contributed by atoms with Crippen molar-refractivity contribution < 1.29 is 39.0 Å². The number of hydrogen-bond acceptors (Lipinski definition) is 10. The van der Waals surface area contributed by atoms with Gasteiger partial charge in [0.15, 0.2) is 6.04 Å². The maximum atomic E-state index is 12.6. The number of nitroso groups, excluding NO2 is 1. The van der Waals surface area contributed by atoms with Gasteiger partial charge >= 0.3 is 11.8 Å². The summed E-state index contributed by atoms with van der Waals surface area (Å²) in [5, 5.41) is 26.8. The van der Waals surface area contributed by atoms with Crippen molar-refractivity contribution in [3.8, 4) is 0 Å². The molecule has 0 saturated carbocycles. The quantitative estimate of drug-likeness (QED) is 0.144. The van der Waals surface area contributed by atoms with E-state index >= 15 is 0 Å². The average Bonchev–Trinajstić information content (AvgIpc) is 2.78. The Kier molecular flexibility index (Phi) is 11.8. The Morgan fingerprint density at radius 1 is 0.972 bits per heavy atom. The van der Waals surface area contributed by atoms with Crippen molar-refractivity contribution in [1.29, 1.82) is 0 Å². The van der Waals surface area contributed by atoms with Crippen molar-refractivity contribution in [3.05, 3.63) is 4.91 Å². The van der Waals surface area contributed by atoms with Crippen LogP contribution in [0.4, 0.5) is 0 Å². The summed E-state index contributed by atoms with van der Waals surface area (Å²) in [5.41, 5.74) is 16.2. The summed E-state index contributed by atoms with van der Waals surface area (Å²) in [4.78, 5) is 87.0. The lowest BCUT2D eigenvalue weighted by atomic mass is 10.1. The SMILES string of the molecule is C[C@@H]1NC(=O)C(CO)NC(=O)[C@@H](N)CSC(C(=O)O)C(CC(N)=O)NC(=[N+]=O)C(CC(N)=O)NC1=O. The molecule has 1 aliphatic heterocycles. The molecule has 0 aromatic carbocycles. The first-order valence-electron chi connectivity index (χ1n) is 10.5. The van der Waals surface area contributed by atoms with Crippen LogP contribution in [-0.2, 0) is 28.8 Å². The Morgan fingerprint density at radius 2 is 1.56 bits per heavy atom. The van der Waals surface area contributed by atoms with Crippen LogP contribution in [0.15, 0.2) is 0 Å². The minimum absolute atomic E-state index is 0.332. The molecular weight excluding hydrogens is 504 g/mol. The van der Waals surface area contributed by atoms with Crippen molar-refractivity contribution in [2.24, 2.45) is 17.2 Å². The maximum absolute atomic E-state index is 12.6. The number of rotatable bonds is 6. The first-order chi connectivity index (χ1) is 16.8. The number of nitrogens with zero attached hydrogens (tertiary/aromatic N) is 1. The van der Waals surface area contributed by atoms with E-state index in [1.54, 1.807) is 0 Å². The monoisotopic (exact) mass is 533 g/mol. The number of nitrogens with one attached hydrogen (secondary N) is 4. The highest BCUT2D eigenvalue weighted by Gasteiger charge is 2.40. The number of aliphatic hydroxyl groups is 1. The minimum Gasteiger partial charge on any atom is -0.480 e. The Hall–Kier alpha value is -3.73.